The molecule has 18 heteroatoms. The van der Waals surface area contributed by atoms with Crippen LogP contribution in [0.15, 0.2) is 24.3 Å². The Labute approximate surface area is 248 Å². The number of aromatic hydroxyl groups is 9. The SMILES string of the molecule is O=C(O[C@@H]1O[C@H]2COC(=O)c3cc(O)c(O)c(O)c3-c3c(cc(O)c(O)c3O)C(=O)O[C@@H]([C@@H]1O)[C@H]2O)c1cc(O)c(O)c(O)c1. The van der Waals surface area contributed by atoms with Gasteiger partial charge in [0.15, 0.2) is 52.5 Å². The van der Waals surface area contributed by atoms with E-state index in [2.05, 4.69) is 0 Å². The molecule has 2 aliphatic heterocycles. The van der Waals surface area contributed by atoms with Gasteiger partial charge < -0.3 is 75.1 Å². The average molecular weight is 634 g/mol. The number of fused-ring (bicyclic) bond motifs is 5. The van der Waals surface area contributed by atoms with Gasteiger partial charge in [-0.05, 0) is 24.3 Å². The maximum absolute atomic E-state index is 13.5. The Kier molecular flexibility index (Phi) is 7.49. The van der Waals surface area contributed by atoms with Crippen LogP contribution in [0.4, 0.5) is 0 Å². The lowest BCUT2D eigenvalue weighted by Gasteiger charge is -2.41. The molecule has 11 N–H and O–H groups in total. The van der Waals surface area contributed by atoms with Gasteiger partial charge in [0.1, 0.15) is 18.8 Å². The zero-order valence-electron chi connectivity index (χ0n) is 22.2. The predicted octanol–water partition coefficient (Wildman–Crippen LogP) is -0.297. The summed E-state index contributed by atoms with van der Waals surface area (Å²) in [6.07, 6.45) is -10.2. The van der Waals surface area contributed by atoms with Crippen LogP contribution >= 0.6 is 0 Å². The van der Waals surface area contributed by atoms with Crippen molar-refractivity contribution in [2.75, 3.05) is 6.61 Å². The zero-order valence-corrected chi connectivity index (χ0v) is 22.2. The van der Waals surface area contributed by atoms with Crippen molar-refractivity contribution < 1.29 is 89.5 Å². The molecule has 2 aliphatic rings. The normalized spacial score (nSPS) is 22.9. The van der Waals surface area contributed by atoms with Crippen molar-refractivity contribution in [1.82, 2.24) is 0 Å². The highest BCUT2D eigenvalue weighted by atomic mass is 16.7. The van der Waals surface area contributed by atoms with Gasteiger partial charge in [0.05, 0.1) is 16.7 Å². The smallest absolute Gasteiger partial charge is 0.340 e. The van der Waals surface area contributed by atoms with E-state index in [0.29, 0.717) is 24.3 Å². The van der Waals surface area contributed by atoms with E-state index in [9.17, 15) is 70.6 Å². The number of phenols is 9. The van der Waals surface area contributed by atoms with Gasteiger partial charge in [-0.3, -0.25) is 0 Å². The second kappa shape index (κ2) is 11.0. The lowest BCUT2D eigenvalue weighted by Crippen LogP contribution is -2.61. The third-order valence-corrected chi connectivity index (χ3v) is 6.99. The molecule has 45 heavy (non-hydrogen) atoms. The highest BCUT2D eigenvalue weighted by Crippen LogP contribution is 2.53. The molecule has 0 amide bonds. The van der Waals surface area contributed by atoms with E-state index < -0.39 is 135 Å². The number of rotatable bonds is 2. The monoisotopic (exact) mass is 634 g/mol. The van der Waals surface area contributed by atoms with Crippen LogP contribution in [0.3, 0.4) is 0 Å². The Morgan fingerprint density at radius 3 is 1.69 bits per heavy atom. The molecule has 0 spiro atoms. The molecular weight excluding hydrogens is 612 g/mol. The summed E-state index contributed by atoms with van der Waals surface area (Å²) in [5, 5.41) is 113. The van der Waals surface area contributed by atoms with Crippen molar-refractivity contribution in [2.45, 2.75) is 30.7 Å². The van der Waals surface area contributed by atoms with Crippen LogP contribution in [0.1, 0.15) is 31.1 Å². The second-order valence-electron chi connectivity index (χ2n) is 9.79. The lowest BCUT2D eigenvalue weighted by atomic mass is 9.91. The Morgan fingerprint density at radius 2 is 1.16 bits per heavy atom. The molecule has 5 rings (SSSR count). The first-order chi connectivity index (χ1) is 21.1. The molecule has 2 heterocycles. The Hall–Kier alpha value is -5.85. The summed E-state index contributed by atoms with van der Waals surface area (Å²) in [6.45, 7) is -0.947. The predicted molar refractivity (Wildman–Crippen MR) is 139 cm³/mol. The summed E-state index contributed by atoms with van der Waals surface area (Å²) in [7, 11) is 0. The molecule has 2 bridgehead atoms. The molecule has 0 radical (unpaired) electrons. The minimum atomic E-state index is -2.22. The van der Waals surface area contributed by atoms with Gasteiger partial charge in [0, 0.05) is 11.1 Å². The molecule has 1 saturated heterocycles. The lowest BCUT2D eigenvalue weighted by molar-refractivity contribution is -0.284. The minimum Gasteiger partial charge on any atom is -0.504 e. The third-order valence-electron chi connectivity index (χ3n) is 6.99. The molecule has 18 nitrogen and oxygen atoms in total. The van der Waals surface area contributed by atoms with Crippen molar-refractivity contribution in [3.05, 3.63) is 41.0 Å². The molecule has 0 aromatic heterocycles. The summed E-state index contributed by atoms with van der Waals surface area (Å²) in [5.74, 6) is -14.5. The quantitative estimate of drug-likeness (QED) is 0.0979. The Morgan fingerprint density at radius 1 is 0.667 bits per heavy atom. The van der Waals surface area contributed by atoms with E-state index in [-0.39, 0.29) is 0 Å². The first-order valence-electron chi connectivity index (χ1n) is 12.5. The number of cyclic esters (lactones) is 1. The van der Waals surface area contributed by atoms with Crippen molar-refractivity contribution in [3.8, 4) is 62.9 Å². The minimum absolute atomic E-state index is 0.508. The number of aliphatic hydroxyl groups is 2. The van der Waals surface area contributed by atoms with Crippen LogP contribution in [-0.2, 0) is 18.9 Å². The van der Waals surface area contributed by atoms with Gasteiger partial charge in [-0.15, -0.1) is 0 Å². The molecule has 0 aliphatic carbocycles. The average Bonchev–Trinajstić information content (AvgIpc) is 2.99. The maximum Gasteiger partial charge on any atom is 0.340 e. The van der Waals surface area contributed by atoms with Crippen molar-refractivity contribution in [1.29, 1.82) is 0 Å². The fourth-order valence-corrected chi connectivity index (χ4v) is 4.71. The van der Waals surface area contributed by atoms with Crippen LogP contribution in [0, 0.1) is 0 Å². The number of benzene rings is 3. The number of hydrogen-bond donors (Lipinski definition) is 11. The first-order valence-corrected chi connectivity index (χ1v) is 12.5. The fourth-order valence-electron chi connectivity index (χ4n) is 4.71. The Balaban J connectivity index is 1.61. The van der Waals surface area contributed by atoms with Crippen LogP contribution in [0.25, 0.3) is 11.1 Å². The van der Waals surface area contributed by atoms with Gasteiger partial charge in [-0.1, -0.05) is 0 Å². The third kappa shape index (κ3) is 5.07. The van der Waals surface area contributed by atoms with E-state index in [4.69, 9.17) is 18.9 Å². The number of phenolic OH excluding ortho intramolecular Hbond substituents is 9. The molecule has 1 fully saturated rings. The largest absolute Gasteiger partial charge is 0.504 e. The van der Waals surface area contributed by atoms with Crippen LogP contribution in [-0.4, -0.2) is 111 Å². The van der Waals surface area contributed by atoms with Gasteiger partial charge in [-0.2, -0.15) is 0 Å². The molecule has 0 saturated carbocycles. The van der Waals surface area contributed by atoms with E-state index in [0.717, 1.165) is 0 Å². The molecule has 5 atom stereocenters. The van der Waals surface area contributed by atoms with Crippen molar-refractivity contribution >= 4 is 17.9 Å². The number of hydrogen-bond acceptors (Lipinski definition) is 18. The van der Waals surface area contributed by atoms with Crippen LogP contribution in [0.2, 0.25) is 0 Å². The van der Waals surface area contributed by atoms with Crippen molar-refractivity contribution in [3.63, 3.8) is 0 Å². The summed E-state index contributed by atoms with van der Waals surface area (Å²) < 4.78 is 20.8. The standard InChI is InChI=1S/C27H22O18/c28-9-1-6(2-10(29)16(9)32)24(39)45-27-22(38)23-19(35)13(43-27)5-42-25(40)7-3-11(30)17(33)20(36)14(7)15-8(26(41)44-23)4-12(31)18(34)21(15)37/h1-4,13,19,22-23,27-38H,5H2/t13-,19-,22-,23+,27-/m0/s1. The van der Waals surface area contributed by atoms with Crippen LogP contribution < -0.4 is 0 Å². The summed E-state index contributed by atoms with van der Waals surface area (Å²) in [5.41, 5.74) is -4.12. The highest BCUT2D eigenvalue weighted by molar-refractivity contribution is 6.08. The fraction of sp³-hybridized carbons (Fsp3) is 0.222. The van der Waals surface area contributed by atoms with Gasteiger partial charge in [0.2, 0.25) is 17.8 Å². The number of esters is 3. The van der Waals surface area contributed by atoms with Gasteiger partial charge in [0.25, 0.3) is 0 Å². The van der Waals surface area contributed by atoms with E-state index in [1.165, 1.54) is 0 Å². The second-order valence-corrected chi connectivity index (χ2v) is 9.79. The van der Waals surface area contributed by atoms with E-state index in [1.807, 2.05) is 0 Å². The van der Waals surface area contributed by atoms with Crippen LogP contribution in [0.5, 0.6) is 51.7 Å². The number of carbonyl (C=O) groups excluding carboxylic acids is 3. The molecule has 3 aromatic rings. The summed E-state index contributed by atoms with van der Waals surface area (Å²) in [4.78, 5) is 39.4. The Bertz CT molecular complexity index is 1730. The zero-order chi connectivity index (χ0) is 33.1. The van der Waals surface area contributed by atoms with Gasteiger partial charge in [-0.25, -0.2) is 14.4 Å². The molecule has 3 aromatic carbocycles. The number of carbonyl (C=O) groups is 3. The molecular formula is C27H22O18. The van der Waals surface area contributed by atoms with Crippen molar-refractivity contribution in [2.24, 2.45) is 0 Å². The van der Waals surface area contributed by atoms with E-state index >= 15 is 0 Å². The number of ether oxygens (including phenoxy) is 4. The highest BCUT2D eigenvalue weighted by Gasteiger charge is 2.50. The number of aliphatic hydroxyl groups excluding tert-OH is 2. The summed E-state index contributed by atoms with van der Waals surface area (Å²) in [6, 6.07) is 2.45. The summed E-state index contributed by atoms with van der Waals surface area (Å²) >= 11 is 0. The first kappa shape index (κ1) is 30.6. The topological polar surface area (TPSA) is 311 Å². The maximum atomic E-state index is 13.5. The molecule has 0 unspecified atom stereocenters. The van der Waals surface area contributed by atoms with E-state index in [1.54, 1.807) is 0 Å². The molecule has 238 valence electrons. The van der Waals surface area contributed by atoms with Gasteiger partial charge >= 0.3 is 17.9 Å².